The molecule has 4 heteroatoms. The number of ether oxygens (including phenoxy) is 2. The molecule has 0 fully saturated rings. The topological polar surface area (TPSA) is 30.5 Å². The summed E-state index contributed by atoms with van der Waals surface area (Å²) in [5.74, 6) is 0. The Hall–Kier alpha value is -2.97. The summed E-state index contributed by atoms with van der Waals surface area (Å²) in [7, 11) is 2.72. The van der Waals surface area contributed by atoms with Gasteiger partial charge in [-0.25, -0.2) is 0 Å². The molecule has 0 bridgehead atoms. The Labute approximate surface area is 221 Å². The fourth-order valence-electron chi connectivity index (χ4n) is 6.54. The third kappa shape index (κ3) is 4.30. The van der Waals surface area contributed by atoms with E-state index in [0.29, 0.717) is 6.54 Å². The van der Waals surface area contributed by atoms with Gasteiger partial charge in [-0.15, -0.1) is 0 Å². The van der Waals surface area contributed by atoms with Crippen molar-refractivity contribution in [3.8, 4) is 0 Å². The minimum Gasteiger partial charge on any atom is -0.380 e. The maximum Gasteiger partial charge on any atom is 0.173 e. The average molecular weight is 508 g/mol. The van der Waals surface area contributed by atoms with Crippen LogP contribution in [0.3, 0.4) is 0 Å². The van der Waals surface area contributed by atoms with E-state index in [1.165, 1.54) is 38.3 Å². The van der Waals surface area contributed by atoms with Crippen molar-refractivity contribution in [2.45, 2.75) is 37.4 Å². The smallest absolute Gasteiger partial charge is 0.173 e. The average Bonchev–Trinajstić information content (AvgIpc) is 3.53. The van der Waals surface area contributed by atoms with Crippen LogP contribution in [0.5, 0.6) is 0 Å². The van der Waals surface area contributed by atoms with Gasteiger partial charge in [-0.3, -0.25) is 0 Å². The Bertz CT molecular complexity index is 1330. The molecular weight excluding hydrogens is 473 g/mol. The fourth-order valence-corrected chi connectivity index (χ4v) is 9.15. The van der Waals surface area contributed by atoms with Gasteiger partial charge in [-0.05, 0) is 77.8 Å². The molecule has 6 rings (SSSR count). The molecule has 2 aliphatic rings. The van der Waals surface area contributed by atoms with Gasteiger partial charge < -0.3 is 14.8 Å². The second-order valence-electron chi connectivity index (χ2n) is 10.0. The number of hydrogen-bond acceptors (Lipinski definition) is 3. The van der Waals surface area contributed by atoms with E-state index < -0.39 is 7.92 Å². The van der Waals surface area contributed by atoms with Gasteiger partial charge >= 0.3 is 0 Å². The molecule has 0 aromatic heterocycles. The Morgan fingerprint density at radius 1 is 0.703 bits per heavy atom. The summed E-state index contributed by atoms with van der Waals surface area (Å²) < 4.78 is 11.0. The normalized spacial score (nSPS) is 17.9. The number of fused-ring (bicyclic) bond motifs is 4. The molecule has 37 heavy (non-hydrogen) atoms. The molecular formula is C33H34NO2P. The quantitative estimate of drug-likeness (QED) is 0.247. The SMILES string of the molecule is COC(CNc1cccc2c1[C@@]1(CC2)CCc2cccc(P(c3ccccc3)c3ccccc3)c21)OC. The third-order valence-corrected chi connectivity index (χ3v) is 10.6. The zero-order valence-corrected chi connectivity index (χ0v) is 22.5. The summed E-state index contributed by atoms with van der Waals surface area (Å²) in [4.78, 5) is 0. The molecule has 1 atom stereocenters. The lowest BCUT2D eigenvalue weighted by Crippen LogP contribution is -2.32. The highest BCUT2D eigenvalue weighted by Gasteiger charge is 2.48. The second-order valence-corrected chi connectivity index (χ2v) is 12.2. The van der Waals surface area contributed by atoms with Crippen LogP contribution in [0.1, 0.15) is 35.1 Å². The van der Waals surface area contributed by atoms with Crippen molar-refractivity contribution in [1.82, 2.24) is 0 Å². The number of hydrogen-bond donors (Lipinski definition) is 1. The lowest BCUT2D eigenvalue weighted by atomic mass is 9.76. The largest absolute Gasteiger partial charge is 0.380 e. The summed E-state index contributed by atoms with van der Waals surface area (Å²) >= 11 is 0. The summed E-state index contributed by atoms with van der Waals surface area (Å²) in [6, 6.07) is 36.1. The highest BCUT2D eigenvalue weighted by atomic mass is 31.1. The van der Waals surface area contributed by atoms with Gasteiger partial charge in [0.2, 0.25) is 0 Å². The first-order valence-corrected chi connectivity index (χ1v) is 14.5. The van der Waals surface area contributed by atoms with E-state index in [0.717, 1.165) is 25.7 Å². The first-order valence-electron chi connectivity index (χ1n) is 13.2. The van der Waals surface area contributed by atoms with Crippen molar-refractivity contribution in [3.05, 3.63) is 119 Å². The Kier molecular flexibility index (Phi) is 6.86. The first-order chi connectivity index (χ1) is 18.2. The molecule has 0 heterocycles. The molecule has 4 aromatic rings. The van der Waals surface area contributed by atoms with Crippen molar-refractivity contribution in [1.29, 1.82) is 0 Å². The van der Waals surface area contributed by atoms with Crippen LogP contribution in [-0.4, -0.2) is 27.1 Å². The van der Waals surface area contributed by atoms with E-state index in [2.05, 4.69) is 102 Å². The molecule has 4 aromatic carbocycles. The third-order valence-electron chi connectivity index (χ3n) is 8.13. The van der Waals surface area contributed by atoms with Crippen LogP contribution in [0.2, 0.25) is 0 Å². The number of benzene rings is 4. The van der Waals surface area contributed by atoms with Crippen LogP contribution in [0.4, 0.5) is 5.69 Å². The van der Waals surface area contributed by atoms with Crippen molar-refractivity contribution < 1.29 is 9.47 Å². The maximum atomic E-state index is 5.48. The number of nitrogens with one attached hydrogen (secondary N) is 1. The Morgan fingerprint density at radius 2 is 1.27 bits per heavy atom. The van der Waals surface area contributed by atoms with Crippen LogP contribution in [-0.2, 0) is 27.7 Å². The lowest BCUT2D eigenvalue weighted by Gasteiger charge is -2.33. The van der Waals surface area contributed by atoms with Gasteiger partial charge in [-0.2, -0.15) is 0 Å². The summed E-state index contributed by atoms with van der Waals surface area (Å²) in [5, 5.41) is 8.03. The molecule has 2 aliphatic carbocycles. The van der Waals surface area contributed by atoms with Gasteiger partial charge in [0.1, 0.15) is 0 Å². The van der Waals surface area contributed by atoms with Crippen molar-refractivity contribution >= 4 is 29.5 Å². The minimum absolute atomic E-state index is 0.0324. The van der Waals surface area contributed by atoms with E-state index in [-0.39, 0.29) is 11.7 Å². The maximum absolute atomic E-state index is 5.48. The standard InChI is InChI=1S/C33H34NO2P/c1-35-30(36-2)23-34-28-17-9-11-24-19-21-33(31(24)28)22-20-25-12-10-18-29(32(25)33)37(26-13-5-3-6-14-26)27-15-7-4-8-16-27/h3-18,30,34H,19-23H2,1-2H3/t33-/m1/s1. The molecule has 0 saturated heterocycles. The molecule has 0 radical (unpaired) electrons. The first kappa shape index (κ1) is 24.4. The van der Waals surface area contributed by atoms with E-state index in [1.807, 2.05) is 0 Å². The van der Waals surface area contributed by atoms with Crippen molar-refractivity contribution in [2.24, 2.45) is 0 Å². The molecule has 1 N–H and O–H groups in total. The molecule has 0 unspecified atom stereocenters. The predicted octanol–water partition coefficient (Wildman–Crippen LogP) is 5.65. The van der Waals surface area contributed by atoms with Gasteiger partial charge in [0.25, 0.3) is 0 Å². The fraction of sp³-hybridized carbons (Fsp3) is 0.273. The molecule has 0 aliphatic heterocycles. The van der Waals surface area contributed by atoms with Crippen LogP contribution < -0.4 is 21.2 Å². The van der Waals surface area contributed by atoms with Gasteiger partial charge in [0.15, 0.2) is 6.29 Å². The van der Waals surface area contributed by atoms with E-state index in [1.54, 1.807) is 19.8 Å². The number of methoxy groups -OCH3 is 2. The number of anilines is 1. The zero-order valence-electron chi connectivity index (χ0n) is 21.6. The second kappa shape index (κ2) is 10.4. The zero-order chi connectivity index (χ0) is 25.2. The van der Waals surface area contributed by atoms with Gasteiger partial charge in [0.05, 0.1) is 6.54 Å². The van der Waals surface area contributed by atoms with Gasteiger partial charge in [0, 0.05) is 25.3 Å². The Balaban J connectivity index is 1.52. The van der Waals surface area contributed by atoms with E-state index in [4.69, 9.17) is 9.47 Å². The molecule has 188 valence electrons. The van der Waals surface area contributed by atoms with Crippen LogP contribution in [0.15, 0.2) is 97.1 Å². The van der Waals surface area contributed by atoms with E-state index >= 15 is 0 Å². The summed E-state index contributed by atoms with van der Waals surface area (Å²) in [6.45, 7) is 0.620. The summed E-state index contributed by atoms with van der Waals surface area (Å²) in [6.07, 6.45) is 4.29. The van der Waals surface area contributed by atoms with Crippen molar-refractivity contribution in [2.75, 3.05) is 26.1 Å². The van der Waals surface area contributed by atoms with Crippen molar-refractivity contribution in [3.63, 3.8) is 0 Å². The predicted molar refractivity (Wildman–Crippen MR) is 155 cm³/mol. The Morgan fingerprint density at radius 3 is 1.86 bits per heavy atom. The summed E-state index contributed by atoms with van der Waals surface area (Å²) in [5.41, 5.74) is 7.32. The molecule has 0 amide bonds. The van der Waals surface area contributed by atoms with Gasteiger partial charge in [-0.1, -0.05) is 91.0 Å². The lowest BCUT2D eigenvalue weighted by molar-refractivity contribution is -0.0914. The molecule has 1 spiro atoms. The minimum atomic E-state index is -0.674. The van der Waals surface area contributed by atoms with Crippen LogP contribution in [0, 0.1) is 0 Å². The number of rotatable bonds is 8. The molecule has 0 saturated carbocycles. The van der Waals surface area contributed by atoms with Crippen LogP contribution >= 0.6 is 7.92 Å². The monoisotopic (exact) mass is 507 g/mol. The highest BCUT2D eigenvalue weighted by molar-refractivity contribution is 7.79. The number of aryl methyl sites for hydroxylation is 2. The highest BCUT2D eigenvalue weighted by Crippen LogP contribution is 2.56. The van der Waals surface area contributed by atoms with Crippen LogP contribution in [0.25, 0.3) is 0 Å². The molecule has 3 nitrogen and oxygen atoms in total. The van der Waals surface area contributed by atoms with E-state index in [9.17, 15) is 0 Å².